The predicted molar refractivity (Wildman–Crippen MR) is 118 cm³/mol. The first-order valence-electron chi connectivity index (χ1n) is 9.34. The van der Waals surface area contributed by atoms with Crippen LogP contribution in [-0.2, 0) is 9.59 Å². The highest BCUT2D eigenvalue weighted by molar-refractivity contribution is 6.51. The first kappa shape index (κ1) is 21.8. The first-order chi connectivity index (χ1) is 15.3. The molecule has 6 nitrogen and oxygen atoms in total. The molecule has 2 aromatic carbocycles. The first-order valence-corrected chi connectivity index (χ1v) is 10.1. The highest BCUT2D eigenvalue weighted by Gasteiger charge is 2.48. The van der Waals surface area contributed by atoms with Gasteiger partial charge in [-0.1, -0.05) is 29.3 Å². The molecule has 1 fully saturated rings. The monoisotopic (exact) mass is 472 g/mol. The van der Waals surface area contributed by atoms with E-state index in [2.05, 4.69) is 4.98 Å². The Morgan fingerprint density at radius 1 is 1.12 bits per heavy atom. The summed E-state index contributed by atoms with van der Waals surface area (Å²) in [5.41, 5.74) is 0.409. The molecular weight excluding hydrogens is 458 g/mol. The van der Waals surface area contributed by atoms with E-state index in [1.807, 2.05) is 0 Å². The van der Waals surface area contributed by atoms with Crippen LogP contribution in [0.5, 0.6) is 5.75 Å². The fraction of sp³-hybridized carbons (Fsp3) is 0.0870. The Balaban J connectivity index is 1.98. The number of halogens is 3. The maximum Gasteiger partial charge on any atom is 0.300 e. The number of aliphatic hydroxyl groups excluding tert-OH is 1. The van der Waals surface area contributed by atoms with Gasteiger partial charge >= 0.3 is 0 Å². The number of pyridine rings is 1. The van der Waals surface area contributed by atoms with Gasteiger partial charge in [-0.25, -0.2) is 4.39 Å². The zero-order valence-corrected chi connectivity index (χ0v) is 18.1. The molecule has 32 heavy (non-hydrogen) atoms. The number of ketones is 1. The van der Waals surface area contributed by atoms with E-state index in [9.17, 15) is 19.1 Å². The lowest BCUT2D eigenvalue weighted by Gasteiger charge is -2.25. The number of hydrogen-bond acceptors (Lipinski definition) is 5. The molecule has 0 saturated carbocycles. The number of benzene rings is 2. The van der Waals surface area contributed by atoms with E-state index in [1.54, 1.807) is 24.3 Å². The second kappa shape index (κ2) is 8.61. The lowest BCUT2D eigenvalue weighted by atomic mass is 9.97. The molecule has 1 aromatic heterocycles. The molecular formula is C23H15Cl2FN2O4. The van der Waals surface area contributed by atoms with Gasteiger partial charge in [-0.15, -0.1) is 0 Å². The van der Waals surface area contributed by atoms with Crippen molar-refractivity contribution in [3.63, 3.8) is 0 Å². The van der Waals surface area contributed by atoms with E-state index in [4.69, 9.17) is 27.9 Å². The second-order valence-electron chi connectivity index (χ2n) is 6.87. The Morgan fingerprint density at radius 3 is 2.56 bits per heavy atom. The van der Waals surface area contributed by atoms with Crippen molar-refractivity contribution in [2.75, 3.05) is 12.0 Å². The normalized spacial score (nSPS) is 17.6. The van der Waals surface area contributed by atoms with Gasteiger partial charge in [0.1, 0.15) is 23.4 Å². The van der Waals surface area contributed by atoms with Gasteiger partial charge in [0, 0.05) is 16.9 Å². The number of aromatic nitrogens is 1. The lowest BCUT2D eigenvalue weighted by molar-refractivity contribution is -0.132. The average Bonchev–Trinajstić information content (AvgIpc) is 3.06. The Bertz CT molecular complexity index is 1260. The van der Waals surface area contributed by atoms with Crippen LogP contribution in [0.25, 0.3) is 5.76 Å². The molecule has 0 bridgehead atoms. The molecule has 4 rings (SSSR count). The summed E-state index contributed by atoms with van der Waals surface area (Å²) >= 11 is 12.0. The number of carbonyl (C=O) groups is 2. The molecule has 9 heteroatoms. The van der Waals surface area contributed by atoms with Crippen LogP contribution in [0, 0.1) is 5.82 Å². The number of Topliss-reactive ketones (excluding diaryl/α,β-unsaturated/α-hetero) is 1. The van der Waals surface area contributed by atoms with Gasteiger partial charge in [0.15, 0.2) is 0 Å². The van der Waals surface area contributed by atoms with E-state index in [0.717, 1.165) is 11.0 Å². The third kappa shape index (κ3) is 3.70. The molecule has 0 spiro atoms. The van der Waals surface area contributed by atoms with Gasteiger partial charge in [0.05, 0.1) is 29.0 Å². The number of aliphatic hydroxyl groups is 1. The van der Waals surface area contributed by atoms with E-state index < -0.39 is 29.3 Å². The van der Waals surface area contributed by atoms with Crippen molar-refractivity contribution >= 4 is 46.3 Å². The maximum atomic E-state index is 13.7. The van der Waals surface area contributed by atoms with Crippen LogP contribution in [0.1, 0.15) is 17.3 Å². The molecule has 1 N–H and O–H groups in total. The fourth-order valence-electron chi connectivity index (χ4n) is 3.56. The summed E-state index contributed by atoms with van der Waals surface area (Å²) in [4.78, 5) is 31.6. The predicted octanol–water partition coefficient (Wildman–Crippen LogP) is 5.16. The van der Waals surface area contributed by atoms with Crippen LogP contribution in [-0.4, -0.2) is 28.9 Å². The number of anilines is 1. The standard InChI is InChI=1S/C23H15Cl2FN2O4/c1-32-18-8-5-12(24)10-14(18)21(29)19-20(17-4-2-3-9-27-17)28(23(31)22(19)30)13-6-7-16(26)15(25)11-13/h2-11,20,29H,1H3/b21-19+. The summed E-state index contributed by atoms with van der Waals surface area (Å²) in [6.07, 6.45) is 1.49. The summed E-state index contributed by atoms with van der Waals surface area (Å²) in [5.74, 6) is -2.77. The van der Waals surface area contributed by atoms with Crippen molar-refractivity contribution in [2.24, 2.45) is 0 Å². The van der Waals surface area contributed by atoms with Crippen molar-refractivity contribution < 1.29 is 23.8 Å². The zero-order chi connectivity index (χ0) is 23.0. The smallest absolute Gasteiger partial charge is 0.300 e. The Morgan fingerprint density at radius 2 is 1.91 bits per heavy atom. The van der Waals surface area contributed by atoms with Crippen molar-refractivity contribution in [3.05, 3.63) is 93.5 Å². The molecule has 0 radical (unpaired) electrons. The maximum absolute atomic E-state index is 13.7. The second-order valence-corrected chi connectivity index (χ2v) is 7.71. The van der Waals surface area contributed by atoms with E-state index >= 15 is 0 Å². The highest BCUT2D eigenvalue weighted by Crippen LogP contribution is 2.43. The topological polar surface area (TPSA) is 79.7 Å². The van der Waals surface area contributed by atoms with Crippen LogP contribution >= 0.6 is 23.2 Å². The summed E-state index contributed by atoms with van der Waals surface area (Å²) in [5, 5.41) is 11.2. The molecule has 1 amide bonds. The molecule has 162 valence electrons. The van der Waals surface area contributed by atoms with Gasteiger partial charge < -0.3 is 9.84 Å². The van der Waals surface area contributed by atoms with Crippen LogP contribution < -0.4 is 9.64 Å². The van der Waals surface area contributed by atoms with Crippen molar-refractivity contribution in [3.8, 4) is 5.75 Å². The van der Waals surface area contributed by atoms with Gasteiger partial charge in [0.25, 0.3) is 11.7 Å². The number of carbonyl (C=O) groups excluding carboxylic acids is 2. The number of ether oxygens (including phenoxy) is 1. The fourth-order valence-corrected chi connectivity index (χ4v) is 3.91. The average molecular weight is 473 g/mol. The van der Waals surface area contributed by atoms with E-state index in [1.165, 1.54) is 37.6 Å². The lowest BCUT2D eigenvalue weighted by Crippen LogP contribution is -2.29. The van der Waals surface area contributed by atoms with Crippen molar-refractivity contribution in [2.45, 2.75) is 6.04 Å². The third-order valence-corrected chi connectivity index (χ3v) is 5.54. The zero-order valence-electron chi connectivity index (χ0n) is 16.6. The van der Waals surface area contributed by atoms with E-state index in [0.29, 0.717) is 10.7 Å². The number of amides is 1. The molecule has 1 aliphatic rings. The number of nitrogens with zero attached hydrogens (tertiary/aromatic N) is 2. The molecule has 2 heterocycles. The summed E-state index contributed by atoms with van der Waals surface area (Å²) < 4.78 is 19.0. The van der Waals surface area contributed by atoms with Crippen LogP contribution in [0.2, 0.25) is 10.0 Å². The Labute approximate surface area is 192 Å². The third-order valence-electron chi connectivity index (χ3n) is 5.01. The minimum atomic E-state index is -1.10. The Kier molecular flexibility index (Phi) is 5.86. The van der Waals surface area contributed by atoms with Gasteiger partial charge in [-0.3, -0.25) is 19.5 Å². The van der Waals surface area contributed by atoms with Crippen molar-refractivity contribution in [1.82, 2.24) is 4.98 Å². The van der Waals surface area contributed by atoms with Crippen LogP contribution in [0.15, 0.2) is 66.4 Å². The minimum Gasteiger partial charge on any atom is -0.507 e. The minimum absolute atomic E-state index is 0.135. The summed E-state index contributed by atoms with van der Waals surface area (Å²) in [6, 6.07) is 12.0. The number of rotatable bonds is 4. The van der Waals surface area contributed by atoms with E-state index in [-0.39, 0.29) is 27.6 Å². The molecule has 1 atom stereocenters. The Hall–Kier alpha value is -3.42. The molecule has 3 aromatic rings. The van der Waals surface area contributed by atoms with Crippen molar-refractivity contribution in [1.29, 1.82) is 0 Å². The summed E-state index contributed by atoms with van der Waals surface area (Å²) in [6.45, 7) is 0. The highest BCUT2D eigenvalue weighted by atomic mass is 35.5. The van der Waals surface area contributed by atoms with Gasteiger partial charge in [0.2, 0.25) is 0 Å². The molecule has 1 saturated heterocycles. The van der Waals surface area contributed by atoms with Gasteiger partial charge in [-0.05, 0) is 48.5 Å². The van der Waals surface area contributed by atoms with Gasteiger partial charge in [-0.2, -0.15) is 0 Å². The van der Waals surface area contributed by atoms with Crippen LogP contribution in [0.3, 0.4) is 0 Å². The van der Waals surface area contributed by atoms with Crippen LogP contribution in [0.4, 0.5) is 10.1 Å². The number of hydrogen-bond donors (Lipinski definition) is 1. The summed E-state index contributed by atoms with van der Waals surface area (Å²) in [7, 11) is 1.40. The number of methoxy groups -OCH3 is 1. The molecule has 0 aliphatic carbocycles. The SMILES string of the molecule is COc1ccc(Cl)cc1/C(O)=C1\C(=O)C(=O)N(c2ccc(F)c(Cl)c2)C1c1ccccn1. The molecule has 1 aliphatic heterocycles. The largest absolute Gasteiger partial charge is 0.507 e. The molecule has 1 unspecified atom stereocenters. The quantitative estimate of drug-likeness (QED) is 0.322.